The molecule has 0 aliphatic carbocycles. The summed E-state index contributed by atoms with van der Waals surface area (Å²) >= 11 is 1.36. The molecule has 2 aliphatic rings. The lowest BCUT2D eigenvalue weighted by molar-refractivity contribution is 0.0914. The molecule has 2 unspecified atom stereocenters. The highest BCUT2D eigenvalue weighted by molar-refractivity contribution is 7.91. The molecule has 2 saturated heterocycles. The summed E-state index contributed by atoms with van der Waals surface area (Å²) in [6.45, 7) is 1.78. The number of hydrogen-bond acceptors (Lipinski definition) is 7. The molecular formula is C19H23N3O4S2. The lowest BCUT2D eigenvalue weighted by atomic mass is 10.1. The molecule has 2 aliphatic heterocycles. The molecule has 2 fully saturated rings. The summed E-state index contributed by atoms with van der Waals surface area (Å²) in [7, 11) is -1.55. The van der Waals surface area contributed by atoms with Crippen molar-refractivity contribution in [3.8, 4) is 16.3 Å². The third-order valence-electron chi connectivity index (χ3n) is 5.32. The first kappa shape index (κ1) is 19.4. The van der Waals surface area contributed by atoms with Gasteiger partial charge >= 0.3 is 0 Å². The van der Waals surface area contributed by atoms with Crippen LogP contribution in [0.5, 0.6) is 5.75 Å². The molecule has 1 N–H and O–H groups in total. The Morgan fingerprint density at radius 2 is 2.00 bits per heavy atom. The summed E-state index contributed by atoms with van der Waals surface area (Å²) in [5.41, 5.74) is 1.13. The van der Waals surface area contributed by atoms with E-state index in [0.717, 1.165) is 31.5 Å². The van der Waals surface area contributed by atoms with Crippen LogP contribution in [-0.4, -0.2) is 68.0 Å². The highest BCUT2D eigenvalue weighted by Gasteiger charge is 2.42. The quantitative estimate of drug-likeness (QED) is 0.792. The van der Waals surface area contributed by atoms with Gasteiger partial charge in [-0.2, -0.15) is 0 Å². The lowest BCUT2D eigenvalue weighted by Gasteiger charge is -2.28. The number of thiazole rings is 1. The van der Waals surface area contributed by atoms with E-state index in [1.807, 2.05) is 24.3 Å². The van der Waals surface area contributed by atoms with Crippen LogP contribution in [0.1, 0.15) is 23.3 Å². The average Bonchev–Trinajstić information content (AvgIpc) is 3.41. The number of aromatic nitrogens is 1. The summed E-state index contributed by atoms with van der Waals surface area (Å²) < 4.78 is 29.7. The number of nitrogens with one attached hydrogen (secondary N) is 1. The maximum absolute atomic E-state index is 12.8. The zero-order chi connectivity index (χ0) is 19.7. The van der Waals surface area contributed by atoms with E-state index < -0.39 is 15.9 Å². The molecule has 9 heteroatoms. The van der Waals surface area contributed by atoms with Gasteiger partial charge in [0.15, 0.2) is 9.84 Å². The van der Waals surface area contributed by atoms with Gasteiger partial charge in [-0.1, -0.05) is 12.1 Å². The number of para-hydroxylation sites is 1. The van der Waals surface area contributed by atoms with Crippen LogP contribution in [0.2, 0.25) is 0 Å². The Morgan fingerprint density at radius 3 is 2.75 bits per heavy atom. The first-order valence-corrected chi connectivity index (χ1v) is 12.0. The zero-order valence-electron chi connectivity index (χ0n) is 15.6. The standard InChI is InChI=1S/C19H23N3O4S2/c1-26-17-7-3-2-6-13(17)19-21-14(10-27-19)18(23)20-15-11-28(24,25)12-16(15)22-8-4-5-9-22/h2-3,6-7,10,15-16H,4-5,8-9,11-12H2,1H3,(H,20,23). The van der Waals surface area contributed by atoms with Crippen molar-refractivity contribution in [3.05, 3.63) is 35.3 Å². The Hall–Kier alpha value is -1.97. The summed E-state index contributed by atoms with van der Waals surface area (Å²) in [4.78, 5) is 19.4. The van der Waals surface area contributed by atoms with Crippen LogP contribution < -0.4 is 10.1 Å². The average molecular weight is 422 g/mol. The SMILES string of the molecule is COc1ccccc1-c1nc(C(=O)NC2CS(=O)(=O)CC2N2CCCC2)cs1. The maximum atomic E-state index is 12.8. The number of sulfone groups is 1. The van der Waals surface area contributed by atoms with E-state index >= 15 is 0 Å². The first-order valence-electron chi connectivity index (χ1n) is 9.31. The number of ether oxygens (including phenoxy) is 1. The van der Waals surface area contributed by atoms with Gasteiger partial charge < -0.3 is 10.1 Å². The van der Waals surface area contributed by atoms with Crippen LogP contribution in [0.3, 0.4) is 0 Å². The Bertz CT molecular complexity index is 967. The van der Waals surface area contributed by atoms with Crippen molar-refractivity contribution < 1.29 is 17.9 Å². The second-order valence-corrected chi connectivity index (χ2v) is 10.2. The third-order valence-corrected chi connectivity index (χ3v) is 7.91. The van der Waals surface area contributed by atoms with Crippen molar-refractivity contribution in [1.82, 2.24) is 15.2 Å². The van der Waals surface area contributed by atoms with Crippen LogP contribution in [0.15, 0.2) is 29.6 Å². The van der Waals surface area contributed by atoms with Crippen LogP contribution in [0, 0.1) is 0 Å². The highest BCUT2D eigenvalue weighted by atomic mass is 32.2. The minimum absolute atomic E-state index is 0.0105. The van der Waals surface area contributed by atoms with Crippen molar-refractivity contribution in [1.29, 1.82) is 0 Å². The minimum Gasteiger partial charge on any atom is -0.496 e. The molecule has 0 bridgehead atoms. The van der Waals surface area contributed by atoms with E-state index in [2.05, 4.69) is 15.2 Å². The fraction of sp³-hybridized carbons (Fsp3) is 0.474. The van der Waals surface area contributed by atoms with Gasteiger partial charge in [0.2, 0.25) is 0 Å². The van der Waals surface area contributed by atoms with Gasteiger partial charge in [0.25, 0.3) is 5.91 Å². The molecule has 2 aromatic rings. The van der Waals surface area contributed by atoms with E-state index in [-0.39, 0.29) is 23.5 Å². The Balaban J connectivity index is 1.51. The summed E-state index contributed by atoms with van der Waals surface area (Å²) in [5.74, 6) is 0.466. The van der Waals surface area contributed by atoms with Crippen molar-refractivity contribution in [3.63, 3.8) is 0 Å². The maximum Gasteiger partial charge on any atom is 0.271 e. The molecule has 0 radical (unpaired) electrons. The number of benzene rings is 1. The molecule has 1 amide bonds. The van der Waals surface area contributed by atoms with E-state index in [1.165, 1.54) is 11.3 Å². The van der Waals surface area contributed by atoms with Crippen LogP contribution >= 0.6 is 11.3 Å². The van der Waals surface area contributed by atoms with E-state index in [9.17, 15) is 13.2 Å². The first-order chi connectivity index (χ1) is 13.5. The van der Waals surface area contributed by atoms with Crippen molar-refractivity contribution in [2.75, 3.05) is 31.7 Å². The van der Waals surface area contributed by atoms with Gasteiger partial charge in [-0.15, -0.1) is 11.3 Å². The molecule has 0 saturated carbocycles. The molecule has 7 nitrogen and oxygen atoms in total. The van der Waals surface area contributed by atoms with E-state index in [0.29, 0.717) is 16.5 Å². The van der Waals surface area contributed by atoms with Crippen molar-refractivity contribution in [2.24, 2.45) is 0 Å². The number of nitrogens with zero attached hydrogens (tertiary/aromatic N) is 2. The fourth-order valence-corrected chi connectivity index (χ4v) is 6.75. The highest BCUT2D eigenvalue weighted by Crippen LogP contribution is 2.32. The number of amides is 1. The number of carbonyl (C=O) groups is 1. The number of hydrogen-bond donors (Lipinski definition) is 1. The van der Waals surface area contributed by atoms with Crippen molar-refractivity contribution in [2.45, 2.75) is 24.9 Å². The summed E-state index contributed by atoms with van der Waals surface area (Å²) in [6, 6.07) is 6.97. The molecule has 3 heterocycles. The smallest absolute Gasteiger partial charge is 0.271 e. The summed E-state index contributed by atoms with van der Waals surface area (Å²) in [6.07, 6.45) is 2.15. The topological polar surface area (TPSA) is 88.6 Å². The van der Waals surface area contributed by atoms with Gasteiger partial charge in [0.1, 0.15) is 16.5 Å². The zero-order valence-corrected chi connectivity index (χ0v) is 17.3. The number of carbonyl (C=O) groups excluding carboxylic acids is 1. The van der Waals surface area contributed by atoms with E-state index in [1.54, 1.807) is 12.5 Å². The van der Waals surface area contributed by atoms with E-state index in [4.69, 9.17) is 4.74 Å². The van der Waals surface area contributed by atoms with Gasteiger partial charge in [-0.25, -0.2) is 13.4 Å². The number of rotatable bonds is 5. The van der Waals surface area contributed by atoms with Gasteiger partial charge in [0.05, 0.1) is 30.2 Å². The minimum atomic E-state index is -3.15. The van der Waals surface area contributed by atoms with Crippen molar-refractivity contribution >= 4 is 27.1 Å². The summed E-state index contributed by atoms with van der Waals surface area (Å²) in [5, 5.41) is 5.32. The second kappa shape index (κ2) is 7.81. The predicted molar refractivity (Wildman–Crippen MR) is 109 cm³/mol. The lowest BCUT2D eigenvalue weighted by Crippen LogP contribution is -2.50. The molecule has 2 atom stereocenters. The molecule has 0 spiro atoms. The normalized spacial score (nSPS) is 24.3. The van der Waals surface area contributed by atoms with Crippen LogP contribution in [0.25, 0.3) is 10.6 Å². The Labute approximate surface area is 168 Å². The molecule has 1 aromatic carbocycles. The van der Waals surface area contributed by atoms with Gasteiger partial charge in [-0.3, -0.25) is 9.69 Å². The Kier molecular flexibility index (Phi) is 5.39. The second-order valence-electron chi connectivity index (χ2n) is 7.21. The van der Waals surface area contributed by atoms with Gasteiger partial charge in [0, 0.05) is 11.4 Å². The largest absolute Gasteiger partial charge is 0.496 e. The van der Waals surface area contributed by atoms with Crippen LogP contribution in [-0.2, 0) is 9.84 Å². The molecular weight excluding hydrogens is 398 g/mol. The molecule has 150 valence electrons. The third kappa shape index (κ3) is 3.92. The molecule has 4 rings (SSSR count). The predicted octanol–water partition coefficient (Wildman–Crippen LogP) is 1.81. The number of methoxy groups -OCH3 is 1. The molecule has 1 aromatic heterocycles. The monoisotopic (exact) mass is 421 g/mol. The Morgan fingerprint density at radius 1 is 1.25 bits per heavy atom. The van der Waals surface area contributed by atoms with Crippen LogP contribution in [0.4, 0.5) is 0 Å². The van der Waals surface area contributed by atoms with Gasteiger partial charge in [-0.05, 0) is 38.1 Å². The molecule has 28 heavy (non-hydrogen) atoms. The number of likely N-dealkylation sites (tertiary alicyclic amines) is 1. The fourth-order valence-electron chi connectivity index (χ4n) is 3.97.